The lowest BCUT2D eigenvalue weighted by molar-refractivity contribution is -0.139. The van der Waals surface area contributed by atoms with Crippen LogP contribution >= 0.6 is 0 Å². The fourth-order valence-corrected chi connectivity index (χ4v) is 2.35. The molecule has 0 aliphatic carbocycles. The summed E-state index contributed by atoms with van der Waals surface area (Å²) in [6.45, 7) is -0.168. The highest BCUT2D eigenvalue weighted by Crippen LogP contribution is 2.40. The molecule has 0 spiro atoms. The molecule has 28 heavy (non-hydrogen) atoms. The van der Waals surface area contributed by atoms with Crippen LogP contribution < -0.4 is 14.2 Å². The standard InChI is InChI=1S/C19H18N2O7/c1-23-14-9-12(10-15(24-2)18(14)25-3)19-21-20-16(28-19)11-27-17(22)7-6-13-5-4-8-26-13/h4-10H,11H2,1-3H3/b7-6+. The summed E-state index contributed by atoms with van der Waals surface area (Å²) in [6, 6.07) is 6.78. The minimum atomic E-state index is -0.566. The highest BCUT2D eigenvalue weighted by atomic mass is 16.5. The summed E-state index contributed by atoms with van der Waals surface area (Å²) >= 11 is 0. The molecule has 9 heteroatoms. The van der Waals surface area contributed by atoms with E-state index in [1.54, 1.807) is 24.3 Å². The van der Waals surface area contributed by atoms with Crippen LogP contribution in [-0.2, 0) is 16.1 Å². The van der Waals surface area contributed by atoms with E-state index < -0.39 is 5.97 Å². The van der Waals surface area contributed by atoms with Crippen molar-refractivity contribution in [1.82, 2.24) is 10.2 Å². The molecule has 0 unspecified atom stereocenters. The number of benzene rings is 1. The van der Waals surface area contributed by atoms with Crippen LogP contribution in [0, 0.1) is 0 Å². The maximum absolute atomic E-state index is 11.7. The van der Waals surface area contributed by atoms with E-state index in [1.165, 1.54) is 39.7 Å². The van der Waals surface area contributed by atoms with E-state index in [0.717, 1.165) is 0 Å². The number of methoxy groups -OCH3 is 3. The Kier molecular flexibility index (Phi) is 5.95. The Balaban J connectivity index is 1.69. The van der Waals surface area contributed by atoms with E-state index in [4.69, 9.17) is 27.8 Å². The van der Waals surface area contributed by atoms with E-state index in [9.17, 15) is 4.79 Å². The van der Waals surface area contributed by atoms with E-state index >= 15 is 0 Å². The van der Waals surface area contributed by atoms with Crippen molar-refractivity contribution in [3.63, 3.8) is 0 Å². The van der Waals surface area contributed by atoms with Crippen LogP contribution in [0.4, 0.5) is 0 Å². The first-order valence-corrected chi connectivity index (χ1v) is 8.15. The molecule has 0 radical (unpaired) electrons. The van der Waals surface area contributed by atoms with E-state index in [1.807, 2.05) is 0 Å². The van der Waals surface area contributed by atoms with Crippen molar-refractivity contribution < 1.29 is 32.6 Å². The Morgan fingerprint density at radius 3 is 2.46 bits per heavy atom. The second-order valence-corrected chi connectivity index (χ2v) is 5.37. The SMILES string of the molecule is COc1cc(-c2nnc(COC(=O)/C=C/c3ccco3)o2)cc(OC)c1OC. The number of carbonyl (C=O) groups is 1. The number of rotatable bonds is 8. The van der Waals surface area contributed by atoms with Gasteiger partial charge in [0.25, 0.3) is 5.89 Å². The van der Waals surface area contributed by atoms with Crippen LogP contribution in [0.2, 0.25) is 0 Å². The predicted octanol–water partition coefficient (Wildman–Crippen LogP) is 3.11. The summed E-state index contributed by atoms with van der Waals surface area (Å²) in [4.78, 5) is 11.7. The number of carbonyl (C=O) groups excluding carboxylic acids is 1. The lowest BCUT2D eigenvalue weighted by atomic mass is 10.2. The van der Waals surface area contributed by atoms with Crippen LogP contribution in [0.25, 0.3) is 17.5 Å². The number of aromatic nitrogens is 2. The van der Waals surface area contributed by atoms with Gasteiger partial charge in [0, 0.05) is 11.6 Å². The maximum atomic E-state index is 11.7. The molecule has 0 saturated heterocycles. The largest absolute Gasteiger partial charge is 0.493 e. The van der Waals surface area contributed by atoms with Gasteiger partial charge in [-0.25, -0.2) is 4.79 Å². The average Bonchev–Trinajstić information content (AvgIpc) is 3.41. The van der Waals surface area contributed by atoms with Gasteiger partial charge in [0.15, 0.2) is 18.1 Å². The Morgan fingerprint density at radius 1 is 1.11 bits per heavy atom. The van der Waals surface area contributed by atoms with Gasteiger partial charge < -0.3 is 27.8 Å². The number of hydrogen-bond acceptors (Lipinski definition) is 9. The van der Waals surface area contributed by atoms with Gasteiger partial charge >= 0.3 is 5.97 Å². The Labute approximate surface area is 160 Å². The van der Waals surface area contributed by atoms with Gasteiger partial charge in [-0.1, -0.05) is 0 Å². The third kappa shape index (κ3) is 4.32. The Morgan fingerprint density at radius 2 is 1.86 bits per heavy atom. The van der Waals surface area contributed by atoms with Crippen LogP contribution in [-0.4, -0.2) is 37.5 Å². The molecule has 0 N–H and O–H groups in total. The minimum absolute atomic E-state index is 0.142. The molecule has 3 rings (SSSR count). The molecule has 0 amide bonds. The monoisotopic (exact) mass is 386 g/mol. The lowest BCUT2D eigenvalue weighted by Gasteiger charge is -2.12. The molecular formula is C19H18N2O7. The number of hydrogen-bond donors (Lipinski definition) is 0. The van der Waals surface area contributed by atoms with Crippen molar-refractivity contribution >= 4 is 12.0 Å². The second-order valence-electron chi connectivity index (χ2n) is 5.37. The first kappa shape index (κ1) is 19.0. The van der Waals surface area contributed by atoms with E-state index in [0.29, 0.717) is 28.6 Å². The summed E-state index contributed by atoms with van der Waals surface area (Å²) in [7, 11) is 4.53. The average molecular weight is 386 g/mol. The number of ether oxygens (including phenoxy) is 4. The summed E-state index contributed by atoms with van der Waals surface area (Å²) in [5, 5.41) is 7.84. The molecular weight excluding hydrogens is 368 g/mol. The summed E-state index contributed by atoms with van der Waals surface area (Å²) < 4.78 is 31.6. The highest BCUT2D eigenvalue weighted by molar-refractivity contribution is 5.86. The predicted molar refractivity (Wildman–Crippen MR) is 96.9 cm³/mol. The summed E-state index contributed by atoms with van der Waals surface area (Å²) in [6.07, 6.45) is 4.25. The molecule has 0 atom stereocenters. The van der Waals surface area contributed by atoms with Crippen LogP contribution in [0.1, 0.15) is 11.7 Å². The number of esters is 1. The third-order valence-electron chi connectivity index (χ3n) is 3.64. The van der Waals surface area contributed by atoms with Crippen molar-refractivity contribution in [3.8, 4) is 28.7 Å². The molecule has 2 aromatic heterocycles. The van der Waals surface area contributed by atoms with Crippen molar-refractivity contribution in [2.75, 3.05) is 21.3 Å². The molecule has 9 nitrogen and oxygen atoms in total. The van der Waals surface area contributed by atoms with Gasteiger partial charge in [0.05, 0.1) is 27.6 Å². The number of nitrogens with zero attached hydrogens (tertiary/aromatic N) is 2. The highest BCUT2D eigenvalue weighted by Gasteiger charge is 2.17. The molecule has 0 aliphatic rings. The van der Waals surface area contributed by atoms with Crippen molar-refractivity contribution in [1.29, 1.82) is 0 Å². The van der Waals surface area contributed by atoms with Crippen molar-refractivity contribution in [2.45, 2.75) is 6.61 Å². The summed E-state index contributed by atoms with van der Waals surface area (Å²) in [5.41, 5.74) is 0.567. The van der Waals surface area contributed by atoms with E-state index in [-0.39, 0.29) is 18.4 Å². The second kappa shape index (κ2) is 8.76. The smallest absolute Gasteiger partial charge is 0.331 e. The van der Waals surface area contributed by atoms with Crippen LogP contribution in [0.15, 0.2) is 45.4 Å². The molecule has 1 aromatic carbocycles. The molecule has 0 fully saturated rings. The van der Waals surface area contributed by atoms with Gasteiger partial charge in [-0.3, -0.25) is 0 Å². The quantitative estimate of drug-likeness (QED) is 0.426. The van der Waals surface area contributed by atoms with Gasteiger partial charge in [-0.05, 0) is 30.3 Å². The molecule has 0 saturated carbocycles. The topological polar surface area (TPSA) is 106 Å². The zero-order chi connectivity index (χ0) is 19.9. The lowest BCUT2D eigenvalue weighted by Crippen LogP contribution is -2.00. The molecule has 3 aromatic rings. The van der Waals surface area contributed by atoms with Gasteiger partial charge in [-0.2, -0.15) is 0 Å². The molecule has 0 bridgehead atoms. The van der Waals surface area contributed by atoms with Crippen molar-refractivity contribution in [2.24, 2.45) is 0 Å². The van der Waals surface area contributed by atoms with Crippen molar-refractivity contribution in [3.05, 3.63) is 48.3 Å². The van der Waals surface area contributed by atoms with Gasteiger partial charge in [0.2, 0.25) is 11.6 Å². The number of furan rings is 1. The van der Waals surface area contributed by atoms with Crippen LogP contribution in [0.5, 0.6) is 17.2 Å². The molecule has 2 heterocycles. The normalized spacial score (nSPS) is 10.8. The van der Waals surface area contributed by atoms with Gasteiger partial charge in [0.1, 0.15) is 5.76 Å². The van der Waals surface area contributed by atoms with Crippen LogP contribution in [0.3, 0.4) is 0 Å². The zero-order valence-electron chi connectivity index (χ0n) is 15.5. The fraction of sp³-hybridized carbons (Fsp3) is 0.211. The zero-order valence-corrected chi connectivity index (χ0v) is 15.5. The molecule has 146 valence electrons. The van der Waals surface area contributed by atoms with Gasteiger partial charge in [-0.15, -0.1) is 10.2 Å². The Hall–Kier alpha value is -3.75. The maximum Gasteiger partial charge on any atom is 0.331 e. The first-order valence-electron chi connectivity index (χ1n) is 8.15. The van der Waals surface area contributed by atoms with E-state index in [2.05, 4.69) is 10.2 Å². The third-order valence-corrected chi connectivity index (χ3v) is 3.64. The molecule has 0 aliphatic heterocycles. The fourth-order valence-electron chi connectivity index (χ4n) is 2.35. The first-order chi connectivity index (χ1) is 13.6. The summed E-state index contributed by atoms with van der Waals surface area (Å²) in [5.74, 6) is 1.69. The minimum Gasteiger partial charge on any atom is -0.493 e. The Bertz CT molecular complexity index is 936.